The second-order valence-electron chi connectivity index (χ2n) is 6.38. The molecule has 4 rings (SSSR count). The predicted molar refractivity (Wildman–Crippen MR) is 128 cm³/mol. The SMILES string of the molecule is O=C(C=Cc1cccs1)Nc1cccc2c(NC(=O)C=Cc3cccs3)cccc12. The second kappa shape index (κ2) is 9.35. The molecule has 4 nitrogen and oxygen atoms in total. The molecule has 0 atom stereocenters. The van der Waals surface area contributed by atoms with Crippen LogP contribution in [0, 0.1) is 0 Å². The van der Waals surface area contributed by atoms with Crippen molar-refractivity contribution in [1.29, 1.82) is 0 Å². The summed E-state index contributed by atoms with van der Waals surface area (Å²) in [7, 11) is 0. The Balaban J connectivity index is 1.52. The van der Waals surface area contributed by atoms with E-state index in [4.69, 9.17) is 0 Å². The Labute approximate surface area is 182 Å². The van der Waals surface area contributed by atoms with E-state index in [0.717, 1.165) is 20.5 Å². The van der Waals surface area contributed by atoms with E-state index in [0.29, 0.717) is 11.4 Å². The maximum Gasteiger partial charge on any atom is 0.248 e. The number of amides is 2. The first-order valence-corrected chi connectivity index (χ1v) is 11.0. The molecule has 0 fully saturated rings. The van der Waals surface area contributed by atoms with Crippen molar-refractivity contribution < 1.29 is 9.59 Å². The highest BCUT2D eigenvalue weighted by Crippen LogP contribution is 2.29. The number of thiophene rings is 2. The zero-order valence-corrected chi connectivity index (χ0v) is 17.5. The van der Waals surface area contributed by atoms with Crippen molar-refractivity contribution in [3.63, 3.8) is 0 Å². The summed E-state index contributed by atoms with van der Waals surface area (Å²) in [6.45, 7) is 0. The van der Waals surface area contributed by atoms with Crippen LogP contribution in [0.1, 0.15) is 9.75 Å². The highest BCUT2D eigenvalue weighted by atomic mass is 32.1. The van der Waals surface area contributed by atoms with Gasteiger partial charge in [0, 0.05) is 44.1 Å². The van der Waals surface area contributed by atoms with Gasteiger partial charge in [-0.2, -0.15) is 0 Å². The van der Waals surface area contributed by atoms with Crippen LogP contribution in [-0.4, -0.2) is 11.8 Å². The van der Waals surface area contributed by atoms with Gasteiger partial charge in [-0.25, -0.2) is 0 Å². The van der Waals surface area contributed by atoms with E-state index in [1.165, 1.54) is 12.2 Å². The molecule has 0 unspecified atom stereocenters. The van der Waals surface area contributed by atoms with Crippen LogP contribution in [0.15, 0.2) is 83.6 Å². The predicted octanol–water partition coefficient (Wildman–Crippen LogP) is 6.27. The molecule has 2 heterocycles. The fourth-order valence-corrected chi connectivity index (χ4v) is 4.20. The van der Waals surface area contributed by atoms with Gasteiger partial charge in [0.25, 0.3) is 0 Å². The molecule has 0 bridgehead atoms. The molecule has 0 radical (unpaired) electrons. The van der Waals surface area contributed by atoms with Crippen molar-refractivity contribution in [2.75, 3.05) is 10.6 Å². The standard InChI is InChI=1S/C24H18N2O2S2/c27-23(13-11-17-5-3-15-29-17)25-21-9-1-7-19-20(21)8-2-10-22(19)26-24(28)14-12-18-6-4-16-30-18/h1-16H,(H,25,27)(H,26,28). The number of carbonyl (C=O) groups is 2. The van der Waals surface area contributed by atoms with Crippen LogP contribution < -0.4 is 10.6 Å². The van der Waals surface area contributed by atoms with E-state index < -0.39 is 0 Å². The first-order valence-electron chi connectivity index (χ1n) is 9.26. The third-order valence-electron chi connectivity index (χ3n) is 4.32. The third-order valence-corrected chi connectivity index (χ3v) is 6.00. The van der Waals surface area contributed by atoms with Crippen LogP contribution in [0.2, 0.25) is 0 Å². The summed E-state index contributed by atoms with van der Waals surface area (Å²) >= 11 is 3.14. The number of hydrogen-bond donors (Lipinski definition) is 2. The molecule has 0 aliphatic carbocycles. The topological polar surface area (TPSA) is 58.2 Å². The largest absolute Gasteiger partial charge is 0.322 e. The van der Waals surface area contributed by atoms with Gasteiger partial charge in [-0.15, -0.1) is 22.7 Å². The van der Waals surface area contributed by atoms with Crippen molar-refractivity contribution in [3.05, 3.63) is 93.3 Å². The fourth-order valence-electron chi connectivity index (χ4n) is 2.96. The van der Waals surface area contributed by atoms with Crippen molar-refractivity contribution in [2.24, 2.45) is 0 Å². The van der Waals surface area contributed by atoms with Gasteiger partial charge in [0.05, 0.1) is 0 Å². The molecule has 6 heteroatoms. The summed E-state index contributed by atoms with van der Waals surface area (Å²) in [4.78, 5) is 26.7. The lowest BCUT2D eigenvalue weighted by Crippen LogP contribution is -2.10. The second-order valence-corrected chi connectivity index (χ2v) is 8.34. The Bertz CT molecular complexity index is 1130. The third kappa shape index (κ3) is 4.92. The normalized spacial score (nSPS) is 11.3. The van der Waals surface area contributed by atoms with Crippen LogP contribution in [0.25, 0.3) is 22.9 Å². The molecule has 0 saturated carbocycles. The summed E-state index contributed by atoms with van der Waals surface area (Å²) < 4.78 is 0. The van der Waals surface area contributed by atoms with Gasteiger partial charge in [-0.1, -0.05) is 36.4 Å². The molecular weight excluding hydrogens is 412 g/mol. The molecule has 0 aliphatic rings. The van der Waals surface area contributed by atoms with Crippen LogP contribution in [0.5, 0.6) is 0 Å². The number of fused-ring (bicyclic) bond motifs is 1. The smallest absolute Gasteiger partial charge is 0.248 e. The average molecular weight is 431 g/mol. The Hall–Kier alpha value is -3.48. The molecule has 0 saturated heterocycles. The van der Waals surface area contributed by atoms with Crippen molar-refractivity contribution >= 4 is 68.8 Å². The summed E-state index contributed by atoms with van der Waals surface area (Å²) in [5.74, 6) is -0.409. The molecule has 30 heavy (non-hydrogen) atoms. The fraction of sp³-hybridized carbons (Fsp3) is 0. The molecule has 2 aromatic carbocycles. The van der Waals surface area contributed by atoms with Crippen molar-refractivity contribution in [1.82, 2.24) is 0 Å². The average Bonchev–Trinajstić information content (AvgIpc) is 3.46. The maximum atomic E-state index is 12.3. The van der Waals surface area contributed by atoms with Gasteiger partial charge < -0.3 is 10.6 Å². The Morgan fingerprint density at radius 3 is 1.50 bits per heavy atom. The molecule has 4 aromatic rings. The van der Waals surface area contributed by atoms with Gasteiger partial charge in [0.2, 0.25) is 11.8 Å². The molecule has 2 amide bonds. The molecule has 148 valence electrons. The Morgan fingerprint density at radius 2 is 1.10 bits per heavy atom. The number of hydrogen-bond acceptors (Lipinski definition) is 4. The molecule has 2 N–H and O–H groups in total. The zero-order chi connectivity index (χ0) is 20.8. The van der Waals surface area contributed by atoms with E-state index in [1.807, 2.05) is 71.4 Å². The quantitative estimate of drug-likeness (QED) is 0.354. The summed E-state index contributed by atoms with van der Waals surface area (Å²) in [5, 5.41) is 11.5. The van der Waals surface area contributed by atoms with Crippen LogP contribution in [0.4, 0.5) is 11.4 Å². The minimum atomic E-state index is -0.204. The van der Waals surface area contributed by atoms with E-state index in [-0.39, 0.29) is 11.8 Å². The van der Waals surface area contributed by atoms with Crippen LogP contribution in [-0.2, 0) is 9.59 Å². The molecule has 0 aliphatic heterocycles. The van der Waals surface area contributed by atoms with Gasteiger partial charge >= 0.3 is 0 Å². The van der Waals surface area contributed by atoms with Gasteiger partial charge in [0.15, 0.2) is 0 Å². The zero-order valence-electron chi connectivity index (χ0n) is 15.9. The minimum Gasteiger partial charge on any atom is -0.322 e. The minimum absolute atomic E-state index is 0.204. The first-order chi connectivity index (χ1) is 14.7. The number of carbonyl (C=O) groups excluding carboxylic acids is 2. The number of benzene rings is 2. The summed E-state index contributed by atoms with van der Waals surface area (Å²) in [5.41, 5.74) is 1.39. The summed E-state index contributed by atoms with van der Waals surface area (Å²) in [6, 6.07) is 19.1. The van der Waals surface area contributed by atoms with Crippen LogP contribution >= 0.6 is 22.7 Å². The van der Waals surface area contributed by atoms with E-state index >= 15 is 0 Å². The lowest BCUT2D eigenvalue weighted by Gasteiger charge is -2.11. The first kappa shape index (κ1) is 19.8. The van der Waals surface area contributed by atoms with Crippen LogP contribution in [0.3, 0.4) is 0 Å². The van der Waals surface area contributed by atoms with Crippen molar-refractivity contribution in [2.45, 2.75) is 0 Å². The lowest BCUT2D eigenvalue weighted by atomic mass is 10.1. The van der Waals surface area contributed by atoms with Gasteiger partial charge in [-0.3, -0.25) is 9.59 Å². The number of rotatable bonds is 6. The lowest BCUT2D eigenvalue weighted by molar-refractivity contribution is -0.112. The Morgan fingerprint density at radius 1 is 0.633 bits per heavy atom. The van der Waals surface area contributed by atoms with Gasteiger partial charge in [-0.05, 0) is 47.2 Å². The van der Waals surface area contributed by atoms with E-state index in [1.54, 1.807) is 34.8 Å². The maximum absolute atomic E-state index is 12.3. The number of anilines is 2. The molecule has 2 aromatic heterocycles. The summed E-state index contributed by atoms with van der Waals surface area (Å²) in [6.07, 6.45) is 6.62. The Kier molecular flexibility index (Phi) is 6.17. The molecule has 0 spiro atoms. The molecular formula is C24H18N2O2S2. The number of nitrogens with one attached hydrogen (secondary N) is 2. The van der Waals surface area contributed by atoms with Gasteiger partial charge in [0.1, 0.15) is 0 Å². The van der Waals surface area contributed by atoms with Crippen molar-refractivity contribution in [3.8, 4) is 0 Å². The monoisotopic (exact) mass is 430 g/mol. The highest BCUT2D eigenvalue weighted by molar-refractivity contribution is 7.11. The highest BCUT2D eigenvalue weighted by Gasteiger charge is 2.08. The van der Waals surface area contributed by atoms with E-state index in [2.05, 4.69) is 10.6 Å². The van der Waals surface area contributed by atoms with E-state index in [9.17, 15) is 9.59 Å².